The first kappa shape index (κ1) is 11.0. The van der Waals surface area contributed by atoms with Gasteiger partial charge in [-0.25, -0.2) is 0 Å². The fourth-order valence-corrected chi connectivity index (χ4v) is 1.84. The van der Waals surface area contributed by atoms with Crippen molar-refractivity contribution in [1.29, 1.82) is 0 Å². The normalized spacial score (nSPS) is 25.8. The highest BCUT2D eigenvalue weighted by Crippen LogP contribution is 2.10. The molecule has 0 saturated carbocycles. The number of hydrogen-bond donors (Lipinski definition) is 1. The first-order valence-electron chi connectivity index (χ1n) is 5.65. The lowest BCUT2D eigenvalue weighted by Gasteiger charge is -2.24. The fourth-order valence-electron chi connectivity index (χ4n) is 1.84. The van der Waals surface area contributed by atoms with Crippen LogP contribution < -0.4 is 5.32 Å². The molecule has 1 fully saturated rings. The third-order valence-electron chi connectivity index (χ3n) is 2.65. The molecule has 2 heteroatoms. The monoisotopic (exact) mass is 185 g/mol. The van der Waals surface area contributed by atoms with Crippen molar-refractivity contribution in [2.24, 2.45) is 5.92 Å². The van der Waals surface area contributed by atoms with Gasteiger partial charge in [-0.2, -0.15) is 0 Å². The van der Waals surface area contributed by atoms with Gasteiger partial charge in [-0.05, 0) is 31.7 Å². The average Bonchev–Trinajstić information content (AvgIpc) is 2.17. The molecule has 0 bridgehead atoms. The Kier molecular flexibility index (Phi) is 5.40. The summed E-state index contributed by atoms with van der Waals surface area (Å²) in [5.41, 5.74) is 0. The van der Waals surface area contributed by atoms with Crippen LogP contribution in [0, 0.1) is 5.92 Å². The predicted octanol–water partition coefficient (Wildman–Crippen LogP) is 2.19. The molecule has 0 aromatic rings. The summed E-state index contributed by atoms with van der Waals surface area (Å²) in [6, 6.07) is 0. The van der Waals surface area contributed by atoms with Crippen molar-refractivity contribution in [3.05, 3.63) is 0 Å². The summed E-state index contributed by atoms with van der Waals surface area (Å²) in [5, 5.41) is 3.37. The maximum absolute atomic E-state index is 5.83. The number of hydrogen-bond acceptors (Lipinski definition) is 2. The average molecular weight is 185 g/mol. The van der Waals surface area contributed by atoms with E-state index >= 15 is 0 Å². The highest BCUT2D eigenvalue weighted by atomic mass is 16.5. The molecule has 0 aromatic heterocycles. The van der Waals surface area contributed by atoms with Gasteiger partial charge in [-0.3, -0.25) is 0 Å². The zero-order valence-corrected chi connectivity index (χ0v) is 9.01. The molecular formula is C11H23NO. The minimum Gasteiger partial charge on any atom is -0.377 e. The van der Waals surface area contributed by atoms with Crippen LogP contribution in [0.25, 0.3) is 0 Å². The molecule has 2 nitrogen and oxygen atoms in total. The van der Waals surface area contributed by atoms with E-state index in [1.54, 1.807) is 0 Å². The molecule has 1 rings (SSSR count). The largest absolute Gasteiger partial charge is 0.377 e. The van der Waals surface area contributed by atoms with Gasteiger partial charge in [0.05, 0.1) is 6.10 Å². The lowest BCUT2D eigenvalue weighted by Crippen LogP contribution is -2.36. The standard InChI is InChI=1S/C11H23NO/c1-3-5-10(2)9-13-11-6-4-7-12-8-11/h10-12H,3-9H2,1-2H3/t10?,11-/m0/s1. The van der Waals surface area contributed by atoms with E-state index in [4.69, 9.17) is 4.74 Å². The third-order valence-corrected chi connectivity index (χ3v) is 2.65. The molecule has 0 spiro atoms. The molecule has 1 N–H and O–H groups in total. The molecule has 0 radical (unpaired) electrons. The topological polar surface area (TPSA) is 21.3 Å². The van der Waals surface area contributed by atoms with Crippen LogP contribution in [0.1, 0.15) is 39.5 Å². The van der Waals surface area contributed by atoms with Crippen LogP contribution in [-0.2, 0) is 4.74 Å². The molecule has 2 atom stereocenters. The third kappa shape index (κ3) is 4.63. The van der Waals surface area contributed by atoms with Crippen LogP contribution in [0.4, 0.5) is 0 Å². The van der Waals surface area contributed by atoms with Crippen molar-refractivity contribution in [2.45, 2.75) is 45.6 Å². The van der Waals surface area contributed by atoms with Gasteiger partial charge in [0.15, 0.2) is 0 Å². The van der Waals surface area contributed by atoms with Crippen molar-refractivity contribution < 1.29 is 4.74 Å². The maximum Gasteiger partial charge on any atom is 0.0700 e. The molecule has 13 heavy (non-hydrogen) atoms. The van der Waals surface area contributed by atoms with Crippen LogP contribution in [0.15, 0.2) is 0 Å². The Morgan fingerprint density at radius 3 is 3.00 bits per heavy atom. The SMILES string of the molecule is CCCC(C)CO[C@H]1CCCNC1. The second-order valence-corrected chi connectivity index (χ2v) is 4.20. The number of nitrogens with one attached hydrogen (secondary N) is 1. The van der Waals surface area contributed by atoms with E-state index in [0.717, 1.165) is 19.1 Å². The second kappa shape index (κ2) is 6.39. The Bertz CT molecular complexity index is 121. The zero-order chi connectivity index (χ0) is 9.52. The fraction of sp³-hybridized carbons (Fsp3) is 1.00. The summed E-state index contributed by atoms with van der Waals surface area (Å²) >= 11 is 0. The zero-order valence-electron chi connectivity index (χ0n) is 9.01. The molecule has 1 heterocycles. The van der Waals surface area contributed by atoms with Crippen LogP contribution in [-0.4, -0.2) is 25.8 Å². The molecule has 0 amide bonds. The lowest BCUT2D eigenvalue weighted by molar-refractivity contribution is 0.0171. The van der Waals surface area contributed by atoms with E-state index in [2.05, 4.69) is 19.2 Å². The molecule has 0 aliphatic carbocycles. The summed E-state index contributed by atoms with van der Waals surface area (Å²) in [4.78, 5) is 0. The Morgan fingerprint density at radius 2 is 2.38 bits per heavy atom. The predicted molar refractivity (Wildman–Crippen MR) is 55.9 cm³/mol. The Morgan fingerprint density at radius 1 is 1.54 bits per heavy atom. The van der Waals surface area contributed by atoms with E-state index in [-0.39, 0.29) is 0 Å². The van der Waals surface area contributed by atoms with Crippen LogP contribution in [0.3, 0.4) is 0 Å². The van der Waals surface area contributed by atoms with E-state index in [1.807, 2.05) is 0 Å². The van der Waals surface area contributed by atoms with Gasteiger partial charge in [0.1, 0.15) is 0 Å². The van der Waals surface area contributed by atoms with Crippen molar-refractivity contribution in [1.82, 2.24) is 5.32 Å². The van der Waals surface area contributed by atoms with Gasteiger partial charge in [-0.1, -0.05) is 20.3 Å². The number of piperidine rings is 1. The first-order valence-corrected chi connectivity index (χ1v) is 5.65. The van der Waals surface area contributed by atoms with Crippen molar-refractivity contribution >= 4 is 0 Å². The number of ether oxygens (including phenoxy) is 1. The Hall–Kier alpha value is -0.0800. The Labute approximate surface area is 82.0 Å². The van der Waals surface area contributed by atoms with Gasteiger partial charge < -0.3 is 10.1 Å². The summed E-state index contributed by atoms with van der Waals surface area (Å²) in [7, 11) is 0. The van der Waals surface area contributed by atoms with Gasteiger partial charge in [-0.15, -0.1) is 0 Å². The second-order valence-electron chi connectivity index (χ2n) is 4.20. The quantitative estimate of drug-likeness (QED) is 0.709. The summed E-state index contributed by atoms with van der Waals surface area (Å²) in [5.74, 6) is 0.729. The lowest BCUT2D eigenvalue weighted by atomic mass is 10.1. The molecule has 1 aliphatic heterocycles. The smallest absolute Gasteiger partial charge is 0.0700 e. The molecule has 1 unspecified atom stereocenters. The summed E-state index contributed by atoms with van der Waals surface area (Å²) in [6.45, 7) is 7.68. The van der Waals surface area contributed by atoms with E-state index in [9.17, 15) is 0 Å². The maximum atomic E-state index is 5.83. The van der Waals surface area contributed by atoms with Gasteiger partial charge >= 0.3 is 0 Å². The molecule has 78 valence electrons. The molecule has 1 saturated heterocycles. The highest BCUT2D eigenvalue weighted by Gasteiger charge is 2.13. The van der Waals surface area contributed by atoms with Crippen LogP contribution >= 0.6 is 0 Å². The molecule has 0 aromatic carbocycles. The molecular weight excluding hydrogens is 162 g/mol. The van der Waals surface area contributed by atoms with Gasteiger partial charge in [0.2, 0.25) is 0 Å². The first-order chi connectivity index (χ1) is 6.33. The van der Waals surface area contributed by atoms with Crippen LogP contribution in [0.2, 0.25) is 0 Å². The number of rotatable bonds is 5. The van der Waals surface area contributed by atoms with Crippen molar-refractivity contribution in [3.8, 4) is 0 Å². The van der Waals surface area contributed by atoms with E-state index < -0.39 is 0 Å². The molecule has 1 aliphatic rings. The Balaban J connectivity index is 2.03. The minimum atomic E-state index is 0.480. The van der Waals surface area contributed by atoms with E-state index in [1.165, 1.54) is 32.2 Å². The van der Waals surface area contributed by atoms with E-state index in [0.29, 0.717) is 6.10 Å². The van der Waals surface area contributed by atoms with Gasteiger partial charge in [0.25, 0.3) is 0 Å². The minimum absolute atomic E-state index is 0.480. The van der Waals surface area contributed by atoms with Crippen molar-refractivity contribution in [2.75, 3.05) is 19.7 Å². The van der Waals surface area contributed by atoms with Crippen molar-refractivity contribution in [3.63, 3.8) is 0 Å². The summed E-state index contributed by atoms with van der Waals surface area (Å²) in [6.07, 6.45) is 5.56. The van der Waals surface area contributed by atoms with Crippen LogP contribution in [0.5, 0.6) is 0 Å². The highest BCUT2D eigenvalue weighted by molar-refractivity contribution is 4.69. The van der Waals surface area contributed by atoms with Gasteiger partial charge in [0, 0.05) is 13.2 Å². The summed E-state index contributed by atoms with van der Waals surface area (Å²) < 4.78 is 5.83.